The Hall–Kier alpha value is -0.160. The van der Waals surface area contributed by atoms with Crippen LogP contribution in [-0.4, -0.2) is 47.7 Å². The van der Waals surface area contributed by atoms with Gasteiger partial charge in [-0.15, -0.1) is 0 Å². The Morgan fingerprint density at radius 2 is 1.93 bits per heavy atom. The van der Waals surface area contributed by atoms with Crippen LogP contribution in [0.3, 0.4) is 0 Å². The molecule has 1 aliphatic carbocycles. The van der Waals surface area contributed by atoms with Crippen molar-refractivity contribution in [3.8, 4) is 0 Å². The van der Waals surface area contributed by atoms with Crippen LogP contribution in [0.25, 0.3) is 0 Å². The molecule has 4 nitrogen and oxygen atoms in total. The van der Waals surface area contributed by atoms with E-state index in [2.05, 4.69) is 5.32 Å². The first-order valence-electron chi connectivity index (χ1n) is 5.70. The van der Waals surface area contributed by atoms with E-state index in [1.807, 2.05) is 6.92 Å². The number of aliphatic hydroxyl groups is 3. The van der Waals surface area contributed by atoms with E-state index < -0.39 is 5.41 Å². The lowest BCUT2D eigenvalue weighted by Crippen LogP contribution is -2.39. The van der Waals surface area contributed by atoms with E-state index in [1.165, 1.54) is 0 Å². The number of rotatable bonds is 6. The van der Waals surface area contributed by atoms with Crippen LogP contribution in [0.1, 0.15) is 26.2 Å². The summed E-state index contributed by atoms with van der Waals surface area (Å²) in [7, 11) is 0. The summed E-state index contributed by atoms with van der Waals surface area (Å²) in [6.45, 7) is 3.32. The molecule has 0 saturated heterocycles. The summed E-state index contributed by atoms with van der Waals surface area (Å²) in [5, 5.41) is 30.8. The molecule has 1 fully saturated rings. The predicted molar refractivity (Wildman–Crippen MR) is 58.5 cm³/mol. The molecule has 0 aromatic heterocycles. The van der Waals surface area contributed by atoms with Crippen molar-refractivity contribution in [2.75, 3.05) is 26.3 Å². The standard InChI is InChI=1S/C11H23NO3/c1-11(7-13,8-14)6-12-5-9-2-3-10(15)4-9/h9-10,12-15H,2-8H2,1H3. The van der Waals surface area contributed by atoms with Crippen molar-refractivity contribution in [2.45, 2.75) is 32.3 Å². The molecule has 0 radical (unpaired) electrons. The third kappa shape index (κ3) is 4.07. The van der Waals surface area contributed by atoms with Crippen LogP contribution in [0.4, 0.5) is 0 Å². The van der Waals surface area contributed by atoms with Crippen LogP contribution in [-0.2, 0) is 0 Å². The second-order valence-corrected chi connectivity index (χ2v) is 5.09. The van der Waals surface area contributed by atoms with Crippen molar-refractivity contribution in [3.05, 3.63) is 0 Å². The molecule has 2 atom stereocenters. The van der Waals surface area contributed by atoms with Crippen LogP contribution < -0.4 is 5.32 Å². The van der Waals surface area contributed by atoms with Gasteiger partial charge in [0, 0.05) is 12.0 Å². The number of aliphatic hydroxyl groups excluding tert-OH is 3. The first-order chi connectivity index (χ1) is 7.09. The molecule has 4 heteroatoms. The molecule has 0 bridgehead atoms. The second-order valence-electron chi connectivity index (χ2n) is 5.09. The van der Waals surface area contributed by atoms with Crippen molar-refractivity contribution in [3.63, 3.8) is 0 Å². The van der Waals surface area contributed by atoms with Crippen molar-refractivity contribution in [2.24, 2.45) is 11.3 Å². The highest BCUT2D eigenvalue weighted by atomic mass is 16.3. The SMILES string of the molecule is CC(CO)(CO)CNCC1CCC(O)C1. The van der Waals surface area contributed by atoms with Crippen LogP contribution in [0, 0.1) is 11.3 Å². The van der Waals surface area contributed by atoms with Gasteiger partial charge in [0.15, 0.2) is 0 Å². The molecule has 1 saturated carbocycles. The molecule has 1 aliphatic rings. The third-order valence-corrected chi connectivity index (χ3v) is 3.26. The number of hydrogen-bond donors (Lipinski definition) is 4. The molecule has 0 aliphatic heterocycles. The fourth-order valence-corrected chi connectivity index (χ4v) is 1.97. The minimum atomic E-state index is -0.433. The van der Waals surface area contributed by atoms with Crippen LogP contribution >= 0.6 is 0 Å². The normalized spacial score (nSPS) is 27.2. The fourth-order valence-electron chi connectivity index (χ4n) is 1.97. The summed E-state index contributed by atoms with van der Waals surface area (Å²) < 4.78 is 0. The largest absolute Gasteiger partial charge is 0.396 e. The highest BCUT2D eigenvalue weighted by molar-refractivity contribution is 4.79. The molecular weight excluding hydrogens is 194 g/mol. The van der Waals surface area contributed by atoms with Gasteiger partial charge < -0.3 is 20.6 Å². The van der Waals surface area contributed by atoms with Gasteiger partial charge in [0.1, 0.15) is 0 Å². The summed E-state index contributed by atoms with van der Waals surface area (Å²) in [5.41, 5.74) is -0.433. The summed E-state index contributed by atoms with van der Waals surface area (Å²) in [6.07, 6.45) is 2.73. The van der Waals surface area contributed by atoms with Crippen molar-refractivity contribution >= 4 is 0 Å². The Kier molecular flexibility index (Phi) is 4.99. The van der Waals surface area contributed by atoms with E-state index in [-0.39, 0.29) is 19.3 Å². The molecule has 0 aromatic rings. The zero-order chi connectivity index (χ0) is 11.3. The molecule has 0 aromatic carbocycles. The van der Waals surface area contributed by atoms with Gasteiger partial charge in [-0.05, 0) is 31.7 Å². The van der Waals surface area contributed by atoms with Crippen LogP contribution in [0.15, 0.2) is 0 Å². The van der Waals surface area contributed by atoms with E-state index in [0.29, 0.717) is 12.5 Å². The lowest BCUT2D eigenvalue weighted by Gasteiger charge is -2.25. The van der Waals surface area contributed by atoms with Gasteiger partial charge in [-0.25, -0.2) is 0 Å². The first-order valence-corrected chi connectivity index (χ1v) is 5.70. The van der Waals surface area contributed by atoms with E-state index in [0.717, 1.165) is 25.8 Å². The Morgan fingerprint density at radius 3 is 2.40 bits per heavy atom. The summed E-state index contributed by atoms with van der Waals surface area (Å²) in [4.78, 5) is 0. The smallest absolute Gasteiger partial charge is 0.0543 e. The van der Waals surface area contributed by atoms with Gasteiger partial charge >= 0.3 is 0 Å². The Morgan fingerprint density at radius 1 is 1.27 bits per heavy atom. The first kappa shape index (κ1) is 12.9. The minimum Gasteiger partial charge on any atom is -0.396 e. The molecule has 1 rings (SSSR count). The number of hydrogen-bond acceptors (Lipinski definition) is 4. The van der Waals surface area contributed by atoms with Gasteiger partial charge in [-0.1, -0.05) is 6.92 Å². The lowest BCUT2D eigenvalue weighted by molar-refractivity contribution is 0.0688. The van der Waals surface area contributed by atoms with Gasteiger partial charge in [-0.2, -0.15) is 0 Å². The Labute approximate surface area is 91.3 Å². The van der Waals surface area contributed by atoms with Crippen LogP contribution in [0.5, 0.6) is 0 Å². The molecule has 90 valence electrons. The highest BCUT2D eigenvalue weighted by Gasteiger charge is 2.25. The topological polar surface area (TPSA) is 72.7 Å². The molecule has 0 heterocycles. The van der Waals surface area contributed by atoms with Crippen molar-refractivity contribution in [1.29, 1.82) is 0 Å². The minimum absolute atomic E-state index is 0.0101. The maximum Gasteiger partial charge on any atom is 0.0543 e. The monoisotopic (exact) mass is 217 g/mol. The van der Waals surface area contributed by atoms with Crippen molar-refractivity contribution in [1.82, 2.24) is 5.32 Å². The summed E-state index contributed by atoms with van der Waals surface area (Å²) in [6, 6.07) is 0. The highest BCUT2D eigenvalue weighted by Crippen LogP contribution is 2.24. The maximum absolute atomic E-state index is 9.34. The van der Waals surface area contributed by atoms with E-state index in [9.17, 15) is 5.11 Å². The van der Waals surface area contributed by atoms with Gasteiger partial charge in [0.25, 0.3) is 0 Å². The summed E-state index contributed by atoms with van der Waals surface area (Å²) in [5.74, 6) is 0.543. The molecule has 0 spiro atoms. The van der Waals surface area contributed by atoms with Gasteiger partial charge in [-0.3, -0.25) is 0 Å². The zero-order valence-corrected chi connectivity index (χ0v) is 9.45. The molecular formula is C11H23NO3. The third-order valence-electron chi connectivity index (χ3n) is 3.26. The Balaban J connectivity index is 2.15. The van der Waals surface area contributed by atoms with E-state index >= 15 is 0 Å². The maximum atomic E-state index is 9.34. The molecule has 0 amide bonds. The van der Waals surface area contributed by atoms with Crippen LogP contribution in [0.2, 0.25) is 0 Å². The molecule has 15 heavy (non-hydrogen) atoms. The van der Waals surface area contributed by atoms with E-state index in [4.69, 9.17) is 10.2 Å². The Bertz CT molecular complexity index is 183. The lowest BCUT2D eigenvalue weighted by atomic mass is 9.93. The van der Waals surface area contributed by atoms with Gasteiger partial charge in [0.2, 0.25) is 0 Å². The second kappa shape index (κ2) is 5.80. The summed E-state index contributed by atoms with van der Waals surface area (Å²) >= 11 is 0. The van der Waals surface area contributed by atoms with Gasteiger partial charge in [0.05, 0.1) is 19.3 Å². The number of nitrogens with one attached hydrogen (secondary N) is 1. The average molecular weight is 217 g/mol. The zero-order valence-electron chi connectivity index (χ0n) is 9.45. The fraction of sp³-hybridized carbons (Fsp3) is 1.00. The van der Waals surface area contributed by atoms with E-state index in [1.54, 1.807) is 0 Å². The molecule has 2 unspecified atom stereocenters. The van der Waals surface area contributed by atoms with Crippen molar-refractivity contribution < 1.29 is 15.3 Å². The average Bonchev–Trinajstić information content (AvgIpc) is 2.64. The quantitative estimate of drug-likeness (QED) is 0.494. The predicted octanol–water partition coefficient (Wildman–Crippen LogP) is -0.272. The molecule has 4 N–H and O–H groups in total.